The number of hydrogen-bond donors (Lipinski definition) is 2. The molecule has 0 radical (unpaired) electrons. The summed E-state index contributed by atoms with van der Waals surface area (Å²) in [5.74, 6) is 0.239. The molecule has 110 valence electrons. The number of ether oxygens (including phenoxy) is 1. The minimum Gasteiger partial charge on any atom is -0.489 e. The monoisotopic (exact) mass is 280 g/mol. The van der Waals surface area contributed by atoms with Gasteiger partial charge < -0.3 is 15.4 Å². The Morgan fingerprint density at radius 2 is 2.10 bits per heavy atom. The summed E-state index contributed by atoms with van der Waals surface area (Å²) in [5, 5.41) is 5.92. The Morgan fingerprint density at radius 3 is 2.65 bits per heavy atom. The first-order valence-corrected chi connectivity index (χ1v) is 6.95. The zero-order valence-corrected chi connectivity index (χ0v) is 12.1. The van der Waals surface area contributed by atoms with Gasteiger partial charge in [-0.2, -0.15) is 0 Å². The minimum absolute atomic E-state index is 0.0376. The molecular formula is C15H21FN2O2. The van der Waals surface area contributed by atoms with E-state index in [9.17, 15) is 9.18 Å². The molecule has 0 saturated carbocycles. The number of rotatable bonds is 5. The smallest absolute Gasteiger partial charge is 0.227 e. The van der Waals surface area contributed by atoms with Gasteiger partial charge in [0.2, 0.25) is 5.91 Å². The van der Waals surface area contributed by atoms with E-state index in [2.05, 4.69) is 10.6 Å². The molecule has 1 amide bonds. The van der Waals surface area contributed by atoms with Gasteiger partial charge in [0.05, 0.1) is 11.8 Å². The van der Waals surface area contributed by atoms with Crippen LogP contribution in [0.25, 0.3) is 0 Å². The number of halogens is 1. The van der Waals surface area contributed by atoms with E-state index >= 15 is 0 Å². The molecule has 2 N–H and O–H groups in total. The Morgan fingerprint density at radius 1 is 1.40 bits per heavy atom. The van der Waals surface area contributed by atoms with Crippen LogP contribution in [0.15, 0.2) is 18.2 Å². The van der Waals surface area contributed by atoms with Gasteiger partial charge in [-0.1, -0.05) is 6.92 Å². The zero-order chi connectivity index (χ0) is 14.7. The lowest BCUT2D eigenvalue weighted by Crippen LogP contribution is -2.48. The van der Waals surface area contributed by atoms with Gasteiger partial charge in [0, 0.05) is 12.0 Å². The van der Waals surface area contributed by atoms with Crippen molar-refractivity contribution in [3.05, 3.63) is 24.0 Å². The molecule has 20 heavy (non-hydrogen) atoms. The molecule has 1 fully saturated rings. The summed E-state index contributed by atoms with van der Waals surface area (Å²) in [7, 11) is 0. The normalized spacial score (nSPS) is 16.6. The zero-order valence-electron chi connectivity index (χ0n) is 12.1. The molecule has 5 heteroatoms. The molecular weight excluding hydrogens is 259 g/mol. The Balaban J connectivity index is 2.10. The quantitative estimate of drug-likeness (QED) is 0.871. The van der Waals surface area contributed by atoms with Crippen molar-refractivity contribution in [1.82, 2.24) is 5.32 Å². The average Bonchev–Trinajstić information content (AvgIpc) is 2.29. The van der Waals surface area contributed by atoms with Crippen LogP contribution in [-0.2, 0) is 4.79 Å². The second-order valence-corrected chi connectivity index (χ2v) is 5.50. The largest absolute Gasteiger partial charge is 0.489 e. The van der Waals surface area contributed by atoms with E-state index in [1.54, 1.807) is 6.07 Å². The Labute approximate surface area is 118 Å². The summed E-state index contributed by atoms with van der Waals surface area (Å²) < 4.78 is 18.9. The van der Waals surface area contributed by atoms with E-state index in [4.69, 9.17) is 4.74 Å². The maximum absolute atomic E-state index is 13.4. The van der Waals surface area contributed by atoms with Crippen LogP contribution in [-0.4, -0.2) is 25.1 Å². The van der Waals surface area contributed by atoms with Crippen molar-refractivity contribution in [2.24, 2.45) is 11.8 Å². The van der Waals surface area contributed by atoms with Gasteiger partial charge in [0.15, 0.2) is 0 Å². The van der Waals surface area contributed by atoms with Crippen molar-refractivity contribution in [2.75, 3.05) is 18.4 Å². The molecule has 0 aromatic heterocycles. The number of carbonyl (C=O) groups excluding carboxylic acids is 1. The van der Waals surface area contributed by atoms with Crippen molar-refractivity contribution in [1.29, 1.82) is 0 Å². The first-order chi connectivity index (χ1) is 9.47. The van der Waals surface area contributed by atoms with Crippen LogP contribution in [0.5, 0.6) is 5.75 Å². The molecule has 1 atom stereocenters. The first-order valence-electron chi connectivity index (χ1n) is 6.95. The fourth-order valence-corrected chi connectivity index (χ4v) is 2.08. The summed E-state index contributed by atoms with van der Waals surface area (Å²) in [5.41, 5.74) is 0.392. The van der Waals surface area contributed by atoms with Crippen LogP contribution in [0.4, 0.5) is 10.1 Å². The third kappa shape index (κ3) is 3.48. The van der Waals surface area contributed by atoms with Crippen molar-refractivity contribution < 1.29 is 13.9 Å². The van der Waals surface area contributed by atoms with E-state index in [1.165, 1.54) is 12.1 Å². The van der Waals surface area contributed by atoms with Crippen LogP contribution < -0.4 is 15.4 Å². The summed E-state index contributed by atoms with van der Waals surface area (Å²) in [6.07, 6.45) is -0.0376. The van der Waals surface area contributed by atoms with Crippen LogP contribution in [0.2, 0.25) is 0 Å². The average molecular weight is 280 g/mol. The molecule has 1 aromatic carbocycles. The molecule has 1 aliphatic heterocycles. The highest BCUT2D eigenvalue weighted by atomic mass is 19.1. The van der Waals surface area contributed by atoms with Crippen molar-refractivity contribution in [3.63, 3.8) is 0 Å². The number of carbonyl (C=O) groups is 1. The summed E-state index contributed by atoms with van der Waals surface area (Å²) in [6, 6.07) is 4.16. The first kappa shape index (κ1) is 14.8. The van der Waals surface area contributed by atoms with Gasteiger partial charge in [-0.25, -0.2) is 4.39 Å². The molecule has 1 saturated heterocycles. The lowest BCUT2D eigenvalue weighted by atomic mass is 9.88. The molecule has 0 bridgehead atoms. The van der Waals surface area contributed by atoms with Gasteiger partial charge in [-0.3, -0.25) is 4.79 Å². The number of benzene rings is 1. The highest BCUT2D eigenvalue weighted by Crippen LogP contribution is 2.28. The van der Waals surface area contributed by atoms with Gasteiger partial charge in [0.25, 0.3) is 0 Å². The fraction of sp³-hybridized carbons (Fsp3) is 0.533. The topological polar surface area (TPSA) is 50.4 Å². The number of anilines is 1. The van der Waals surface area contributed by atoms with Crippen molar-refractivity contribution in [3.8, 4) is 5.75 Å². The Kier molecular flexibility index (Phi) is 4.60. The van der Waals surface area contributed by atoms with Crippen LogP contribution in [0.1, 0.15) is 20.8 Å². The second kappa shape index (κ2) is 6.22. The number of amides is 1. The molecule has 0 aliphatic carbocycles. The molecule has 1 unspecified atom stereocenters. The Hall–Kier alpha value is -1.62. The Bertz CT molecular complexity index is 487. The maximum Gasteiger partial charge on any atom is 0.227 e. The van der Waals surface area contributed by atoms with E-state index in [0.717, 1.165) is 13.1 Å². The van der Waals surface area contributed by atoms with Crippen LogP contribution in [0, 0.1) is 17.7 Å². The highest BCUT2D eigenvalue weighted by Gasteiger charge is 2.29. The molecule has 2 rings (SSSR count). The second-order valence-electron chi connectivity index (χ2n) is 5.50. The predicted molar refractivity (Wildman–Crippen MR) is 76.3 cm³/mol. The summed E-state index contributed by atoms with van der Waals surface area (Å²) >= 11 is 0. The van der Waals surface area contributed by atoms with Gasteiger partial charge in [-0.05, 0) is 45.0 Å². The molecule has 1 aliphatic rings. The molecule has 1 aromatic rings. The SMILES string of the molecule is CC(C)Oc1ccc(F)cc1NC(=O)C(C)C1CNC1. The van der Waals surface area contributed by atoms with Crippen molar-refractivity contribution in [2.45, 2.75) is 26.9 Å². The van der Waals surface area contributed by atoms with Gasteiger partial charge in [0.1, 0.15) is 11.6 Å². The lowest BCUT2D eigenvalue weighted by molar-refractivity contribution is -0.121. The maximum atomic E-state index is 13.4. The third-order valence-electron chi connectivity index (χ3n) is 3.50. The van der Waals surface area contributed by atoms with Gasteiger partial charge >= 0.3 is 0 Å². The number of hydrogen-bond acceptors (Lipinski definition) is 3. The number of nitrogens with one attached hydrogen (secondary N) is 2. The fourth-order valence-electron chi connectivity index (χ4n) is 2.08. The third-order valence-corrected chi connectivity index (χ3v) is 3.50. The lowest BCUT2D eigenvalue weighted by Gasteiger charge is -2.31. The predicted octanol–water partition coefficient (Wildman–Crippen LogP) is 2.41. The van der Waals surface area contributed by atoms with Crippen molar-refractivity contribution >= 4 is 11.6 Å². The molecule has 0 spiro atoms. The van der Waals surface area contributed by atoms with Crippen LogP contribution >= 0.6 is 0 Å². The molecule has 1 heterocycles. The standard InChI is InChI=1S/C15H21FN2O2/c1-9(2)20-14-5-4-12(16)6-13(14)18-15(19)10(3)11-7-17-8-11/h4-6,9-11,17H,7-8H2,1-3H3,(H,18,19). The van der Waals surface area contributed by atoms with E-state index in [-0.39, 0.29) is 17.9 Å². The summed E-state index contributed by atoms with van der Waals surface area (Å²) in [4.78, 5) is 12.2. The highest BCUT2D eigenvalue weighted by molar-refractivity contribution is 5.94. The summed E-state index contributed by atoms with van der Waals surface area (Å²) in [6.45, 7) is 7.37. The van der Waals surface area contributed by atoms with E-state index in [1.807, 2.05) is 20.8 Å². The van der Waals surface area contributed by atoms with Crippen LogP contribution in [0.3, 0.4) is 0 Å². The minimum atomic E-state index is -0.394. The van der Waals surface area contributed by atoms with E-state index < -0.39 is 5.82 Å². The van der Waals surface area contributed by atoms with E-state index in [0.29, 0.717) is 17.4 Å². The molecule has 4 nitrogen and oxygen atoms in total. The van der Waals surface area contributed by atoms with Gasteiger partial charge in [-0.15, -0.1) is 0 Å².